The minimum Gasteiger partial charge on any atom is -0.481 e. The third-order valence-electron chi connectivity index (χ3n) is 4.61. The monoisotopic (exact) mass is 447 g/mol. The fourth-order valence-corrected chi connectivity index (χ4v) is 4.55. The van der Waals surface area contributed by atoms with Gasteiger partial charge in [0.25, 0.3) is 0 Å². The van der Waals surface area contributed by atoms with E-state index in [1.807, 2.05) is 30.5 Å². The molecule has 2 aromatic rings. The largest absolute Gasteiger partial charge is 0.481 e. The molecule has 2 aromatic heterocycles. The van der Waals surface area contributed by atoms with E-state index < -0.39 is 11.9 Å². The Balaban J connectivity index is 1.98. The van der Waals surface area contributed by atoms with E-state index in [9.17, 15) is 9.90 Å². The predicted octanol–water partition coefficient (Wildman–Crippen LogP) is 5.29. The molecule has 0 saturated heterocycles. The summed E-state index contributed by atoms with van der Waals surface area (Å²) in [6, 6.07) is 2.02. The summed E-state index contributed by atoms with van der Waals surface area (Å²) in [6.45, 7) is 6.11. The molecule has 0 spiro atoms. The smallest absolute Gasteiger partial charge is 0.310 e. The van der Waals surface area contributed by atoms with Crippen molar-refractivity contribution < 1.29 is 9.90 Å². The van der Waals surface area contributed by atoms with Crippen LogP contribution in [-0.2, 0) is 17.6 Å². The highest BCUT2D eigenvalue weighted by atomic mass is 79.9. The molecular weight excluding hydrogens is 426 g/mol. The summed E-state index contributed by atoms with van der Waals surface area (Å²) >= 11 is 5.09. The maximum atomic E-state index is 11.3. The van der Waals surface area contributed by atoms with Gasteiger partial charge in [-0.25, -0.2) is 9.97 Å². The fourth-order valence-electron chi connectivity index (χ4n) is 3.19. The molecule has 27 heavy (non-hydrogen) atoms. The van der Waals surface area contributed by atoms with Gasteiger partial charge in [0.2, 0.25) is 0 Å². The minimum atomic E-state index is -0.802. The second kappa shape index (κ2) is 8.35. The van der Waals surface area contributed by atoms with Crippen LogP contribution in [0, 0.1) is 11.8 Å². The van der Waals surface area contributed by atoms with Crippen LogP contribution in [0.2, 0.25) is 0 Å². The molecule has 142 valence electrons. The van der Waals surface area contributed by atoms with Crippen molar-refractivity contribution in [2.45, 2.75) is 33.6 Å². The number of carboxylic acid groups (broad SMARTS) is 1. The summed E-state index contributed by atoms with van der Waals surface area (Å²) < 4.78 is 1.02. The van der Waals surface area contributed by atoms with E-state index >= 15 is 0 Å². The maximum absolute atomic E-state index is 11.3. The fraction of sp³-hybridized carbons (Fsp3) is 0.350. The van der Waals surface area contributed by atoms with Gasteiger partial charge in [0.1, 0.15) is 5.82 Å². The van der Waals surface area contributed by atoms with Crippen molar-refractivity contribution in [1.29, 1.82) is 0 Å². The van der Waals surface area contributed by atoms with E-state index in [0.717, 1.165) is 45.0 Å². The Morgan fingerprint density at radius 2 is 2.11 bits per heavy atom. The number of aliphatic carboxylic acids is 1. The average Bonchev–Trinajstić information content (AvgIpc) is 3.07. The normalized spacial score (nSPS) is 19.0. The van der Waals surface area contributed by atoms with Crippen molar-refractivity contribution >= 4 is 39.1 Å². The molecule has 0 fully saturated rings. The van der Waals surface area contributed by atoms with E-state index in [4.69, 9.17) is 9.97 Å². The van der Waals surface area contributed by atoms with E-state index in [-0.39, 0.29) is 5.92 Å². The zero-order valence-corrected chi connectivity index (χ0v) is 17.9. The molecule has 2 N–H and O–H groups in total. The number of thiophene rings is 1. The number of nitrogens with zero attached hydrogens (tertiary/aromatic N) is 2. The van der Waals surface area contributed by atoms with Crippen molar-refractivity contribution in [3.8, 4) is 10.7 Å². The molecule has 3 rings (SSSR count). The molecule has 1 aliphatic rings. The van der Waals surface area contributed by atoms with Crippen molar-refractivity contribution in [1.82, 2.24) is 9.97 Å². The second-order valence-corrected chi connectivity index (χ2v) is 8.31. The highest BCUT2D eigenvalue weighted by Gasteiger charge is 2.24. The number of anilines is 1. The number of hydrogen-bond donors (Lipinski definition) is 2. The summed E-state index contributed by atoms with van der Waals surface area (Å²) in [4.78, 5) is 21.9. The first-order valence-corrected chi connectivity index (χ1v) is 10.6. The molecule has 2 heterocycles. The molecule has 0 aromatic carbocycles. The van der Waals surface area contributed by atoms with Crippen LogP contribution in [0.15, 0.2) is 39.8 Å². The number of halogens is 1. The molecule has 2 unspecified atom stereocenters. The third kappa shape index (κ3) is 4.30. The summed E-state index contributed by atoms with van der Waals surface area (Å²) in [5.74, 6) is 0.126. The van der Waals surface area contributed by atoms with Crippen LogP contribution in [0.5, 0.6) is 0 Å². The lowest BCUT2D eigenvalue weighted by Crippen LogP contribution is -2.22. The lowest BCUT2D eigenvalue weighted by Gasteiger charge is -2.21. The first-order valence-electron chi connectivity index (χ1n) is 8.97. The second-order valence-electron chi connectivity index (χ2n) is 6.49. The van der Waals surface area contributed by atoms with Gasteiger partial charge in [-0.2, -0.15) is 0 Å². The van der Waals surface area contributed by atoms with Gasteiger partial charge < -0.3 is 10.4 Å². The van der Waals surface area contributed by atoms with Crippen molar-refractivity contribution in [3.05, 3.63) is 51.1 Å². The Kier molecular flexibility index (Phi) is 6.11. The molecule has 0 bridgehead atoms. The van der Waals surface area contributed by atoms with Gasteiger partial charge >= 0.3 is 5.97 Å². The Morgan fingerprint density at radius 1 is 1.33 bits per heavy atom. The van der Waals surface area contributed by atoms with E-state index in [2.05, 4.69) is 35.1 Å². The van der Waals surface area contributed by atoms with E-state index in [1.54, 1.807) is 17.4 Å². The van der Waals surface area contributed by atoms with E-state index in [0.29, 0.717) is 5.82 Å². The van der Waals surface area contributed by atoms with Gasteiger partial charge in [0.15, 0.2) is 5.82 Å². The highest BCUT2D eigenvalue weighted by Crippen LogP contribution is 2.31. The van der Waals surface area contributed by atoms with Crippen LogP contribution in [0.4, 0.5) is 5.82 Å². The van der Waals surface area contributed by atoms with Crippen molar-refractivity contribution in [2.75, 3.05) is 5.32 Å². The Morgan fingerprint density at radius 3 is 2.67 bits per heavy atom. The molecule has 0 aliphatic heterocycles. The molecule has 0 amide bonds. The number of aryl methyl sites for hydroxylation is 1. The number of aromatic nitrogens is 2. The molecule has 2 atom stereocenters. The van der Waals surface area contributed by atoms with Crippen LogP contribution < -0.4 is 5.32 Å². The van der Waals surface area contributed by atoms with Crippen LogP contribution in [0.25, 0.3) is 10.7 Å². The molecule has 7 heteroatoms. The molecular formula is C20H22BrN3O2S. The maximum Gasteiger partial charge on any atom is 0.310 e. The van der Waals surface area contributed by atoms with Crippen molar-refractivity contribution in [3.63, 3.8) is 0 Å². The molecule has 1 aliphatic carbocycles. The van der Waals surface area contributed by atoms with Crippen LogP contribution in [-0.4, -0.2) is 21.0 Å². The first-order chi connectivity index (χ1) is 12.9. The van der Waals surface area contributed by atoms with Crippen molar-refractivity contribution in [2.24, 2.45) is 11.8 Å². The number of rotatable bonds is 6. The molecule has 0 radical (unpaired) electrons. The minimum absolute atomic E-state index is 0.0831. The Hall–Kier alpha value is -1.99. The van der Waals surface area contributed by atoms with E-state index in [1.165, 1.54) is 0 Å². The highest BCUT2D eigenvalue weighted by molar-refractivity contribution is 9.10. The van der Waals surface area contributed by atoms with Crippen LogP contribution >= 0.6 is 27.3 Å². The standard InChI is InChI=1S/C20H22BrN3O2S/c1-4-14-16(5-2)23-19(17-9-12(21)10-27-17)24-18(14)22-13-6-7-15(20(25)26)11(3)8-13/h6-11,15H,4-5H2,1-3H3,(H,25,26)(H,22,23,24). The summed E-state index contributed by atoms with van der Waals surface area (Å²) in [7, 11) is 0. The van der Waals surface area contributed by atoms with Gasteiger partial charge in [0, 0.05) is 26.8 Å². The number of allylic oxidation sites excluding steroid dienone is 2. The average molecular weight is 448 g/mol. The van der Waals surface area contributed by atoms with Gasteiger partial charge in [0.05, 0.1) is 10.8 Å². The molecule has 0 saturated carbocycles. The summed E-state index contributed by atoms with van der Waals surface area (Å²) in [5, 5.41) is 14.7. The zero-order chi connectivity index (χ0) is 19.6. The summed E-state index contributed by atoms with van der Waals surface area (Å²) in [6.07, 6.45) is 7.16. The zero-order valence-electron chi connectivity index (χ0n) is 15.5. The lowest BCUT2D eigenvalue weighted by molar-refractivity contribution is -0.141. The summed E-state index contributed by atoms with van der Waals surface area (Å²) in [5.41, 5.74) is 3.00. The van der Waals surface area contributed by atoms with Gasteiger partial charge in [-0.05, 0) is 46.8 Å². The number of hydrogen-bond acceptors (Lipinski definition) is 5. The van der Waals surface area contributed by atoms with Crippen LogP contribution in [0.1, 0.15) is 32.0 Å². The topological polar surface area (TPSA) is 75.1 Å². The number of nitrogens with one attached hydrogen (secondary N) is 1. The Bertz CT molecular complexity index is 920. The SMILES string of the molecule is CCc1nc(-c2cc(Br)cs2)nc(NC2=CC(C)C(C(=O)O)C=C2)c1CC. The first kappa shape index (κ1) is 19.8. The Labute approximate surface area is 171 Å². The van der Waals surface area contributed by atoms with Gasteiger partial charge in [-0.15, -0.1) is 11.3 Å². The lowest BCUT2D eigenvalue weighted by atomic mass is 9.89. The van der Waals surface area contributed by atoms with Gasteiger partial charge in [-0.3, -0.25) is 4.79 Å². The predicted molar refractivity (Wildman–Crippen MR) is 113 cm³/mol. The third-order valence-corrected chi connectivity index (χ3v) is 6.30. The van der Waals surface area contributed by atoms with Crippen LogP contribution in [0.3, 0.4) is 0 Å². The quantitative estimate of drug-likeness (QED) is 0.628. The molecule has 5 nitrogen and oxygen atoms in total. The number of carbonyl (C=O) groups is 1. The van der Waals surface area contributed by atoms with Gasteiger partial charge in [-0.1, -0.05) is 32.9 Å². The number of carboxylic acids is 1.